The summed E-state index contributed by atoms with van der Waals surface area (Å²) < 4.78 is 0. The molecule has 4 unspecified atom stereocenters. The smallest absolute Gasteiger partial charge is 0.0249 e. The molecule has 1 saturated heterocycles. The van der Waals surface area contributed by atoms with Crippen LogP contribution in [-0.2, 0) is 0 Å². The molecule has 0 aromatic carbocycles. The third-order valence-electron chi connectivity index (χ3n) is 5.71. The second-order valence-electron chi connectivity index (χ2n) is 7.04. The number of likely N-dealkylation sites (N-methyl/N-ethyl adjacent to an activating group) is 3. The van der Waals surface area contributed by atoms with Gasteiger partial charge in [-0.3, -0.25) is 0 Å². The Balaban J connectivity index is 1.93. The molecular formula is C17H35N3. The van der Waals surface area contributed by atoms with Crippen LogP contribution in [0.1, 0.15) is 52.4 Å². The first kappa shape index (κ1) is 16.3. The molecule has 118 valence electrons. The van der Waals surface area contributed by atoms with Crippen molar-refractivity contribution < 1.29 is 0 Å². The van der Waals surface area contributed by atoms with E-state index >= 15 is 0 Å². The fraction of sp³-hybridized carbons (Fsp3) is 1.00. The van der Waals surface area contributed by atoms with Gasteiger partial charge in [0.2, 0.25) is 0 Å². The lowest BCUT2D eigenvalue weighted by Gasteiger charge is -2.42. The van der Waals surface area contributed by atoms with Crippen LogP contribution in [-0.4, -0.2) is 61.7 Å². The average molecular weight is 281 g/mol. The second-order valence-corrected chi connectivity index (χ2v) is 7.04. The highest BCUT2D eigenvalue weighted by Crippen LogP contribution is 2.30. The Kier molecular flexibility index (Phi) is 6.31. The standard InChI is InChI=1S/C17H35N3/c1-5-14-9-10-16(18-6-2)17(12-14)20(4)13-15-8-7-11-19(15)3/h14-18H,5-13H2,1-4H3. The van der Waals surface area contributed by atoms with E-state index in [1.54, 1.807) is 0 Å². The summed E-state index contributed by atoms with van der Waals surface area (Å²) in [4.78, 5) is 5.22. The first-order valence-corrected chi connectivity index (χ1v) is 8.79. The van der Waals surface area contributed by atoms with Gasteiger partial charge in [0.15, 0.2) is 0 Å². The van der Waals surface area contributed by atoms with Gasteiger partial charge in [0.25, 0.3) is 0 Å². The number of rotatable bonds is 6. The minimum atomic E-state index is 0.708. The molecule has 3 nitrogen and oxygen atoms in total. The van der Waals surface area contributed by atoms with Gasteiger partial charge in [-0.25, -0.2) is 0 Å². The third kappa shape index (κ3) is 3.96. The maximum atomic E-state index is 3.74. The molecule has 1 N–H and O–H groups in total. The molecule has 1 heterocycles. The molecule has 3 heteroatoms. The van der Waals surface area contributed by atoms with Crippen LogP contribution in [0.15, 0.2) is 0 Å². The zero-order chi connectivity index (χ0) is 14.5. The maximum absolute atomic E-state index is 3.74. The van der Waals surface area contributed by atoms with Crippen LogP contribution in [0.5, 0.6) is 0 Å². The topological polar surface area (TPSA) is 18.5 Å². The van der Waals surface area contributed by atoms with Crippen LogP contribution in [0.3, 0.4) is 0 Å². The van der Waals surface area contributed by atoms with Gasteiger partial charge in [-0.15, -0.1) is 0 Å². The Labute approximate surface area is 126 Å². The minimum Gasteiger partial charge on any atom is -0.313 e. The van der Waals surface area contributed by atoms with Crippen LogP contribution in [0, 0.1) is 5.92 Å². The predicted molar refractivity (Wildman–Crippen MR) is 87.2 cm³/mol. The quantitative estimate of drug-likeness (QED) is 0.807. The Hall–Kier alpha value is -0.120. The van der Waals surface area contributed by atoms with Gasteiger partial charge < -0.3 is 15.1 Å². The van der Waals surface area contributed by atoms with Crippen LogP contribution >= 0.6 is 0 Å². The molecule has 0 aromatic rings. The number of nitrogens with one attached hydrogen (secondary N) is 1. The summed E-state index contributed by atoms with van der Waals surface area (Å²) in [6.45, 7) is 8.25. The average Bonchev–Trinajstić information content (AvgIpc) is 2.85. The van der Waals surface area contributed by atoms with E-state index in [4.69, 9.17) is 0 Å². The van der Waals surface area contributed by atoms with Crippen molar-refractivity contribution in [1.82, 2.24) is 15.1 Å². The summed E-state index contributed by atoms with van der Waals surface area (Å²) in [6, 6.07) is 2.23. The molecule has 2 aliphatic rings. The van der Waals surface area contributed by atoms with Crippen molar-refractivity contribution in [3.05, 3.63) is 0 Å². The summed E-state index contributed by atoms with van der Waals surface area (Å²) in [6.07, 6.45) is 8.29. The molecule has 1 aliphatic carbocycles. The highest BCUT2D eigenvalue weighted by Gasteiger charge is 2.33. The second kappa shape index (κ2) is 7.77. The number of nitrogens with zero attached hydrogens (tertiary/aromatic N) is 2. The molecule has 0 aromatic heterocycles. The van der Waals surface area contributed by atoms with E-state index in [0.29, 0.717) is 6.04 Å². The molecule has 0 bridgehead atoms. The first-order valence-electron chi connectivity index (χ1n) is 8.79. The van der Waals surface area contributed by atoms with E-state index < -0.39 is 0 Å². The summed E-state index contributed by atoms with van der Waals surface area (Å²) in [7, 11) is 4.65. The van der Waals surface area contributed by atoms with Gasteiger partial charge in [-0.2, -0.15) is 0 Å². The summed E-state index contributed by atoms with van der Waals surface area (Å²) >= 11 is 0. The van der Waals surface area contributed by atoms with Gasteiger partial charge in [-0.1, -0.05) is 20.3 Å². The summed E-state index contributed by atoms with van der Waals surface area (Å²) in [5, 5.41) is 3.74. The van der Waals surface area contributed by atoms with Crippen molar-refractivity contribution in [2.45, 2.75) is 70.5 Å². The molecule has 0 amide bonds. The monoisotopic (exact) mass is 281 g/mol. The van der Waals surface area contributed by atoms with E-state index in [2.05, 4.69) is 43.1 Å². The Morgan fingerprint density at radius 1 is 1.20 bits per heavy atom. The molecule has 1 saturated carbocycles. The van der Waals surface area contributed by atoms with Gasteiger partial charge in [-0.05, 0) is 65.2 Å². The Morgan fingerprint density at radius 3 is 2.60 bits per heavy atom. The normalized spacial score (nSPS) is 35.9. The fourth-order valence-electron chi connectivity index (χ4n) is 4.27. The van der Waals surface area contributed by atoms with Crippen molar-refractivity contribution in [3.63, 3.8) is 0 Å². The van der Waals surface area contributed by atoms with Crippen molar-refractivity contribution in [2.75, 3.05) is 33.7 Å². The number of likely N-dealkylation sites (tertiary alicyclic amines) is 1. The number of hydrogen-bond acceptors (Lipinski definition) is 3. The van der Waals surface area contributed by atoms with Crippen molar-refractivity contribution in [2.24, 2.45) is 5.92 Å². The van der Waals surface area contributed by atoms with E-state index in [1.165, 1.54) is 51.6 Å². The summed E-state index contributed by atoms with van der Waals surface area (Å²) in [5.74, 6) is 0.943. The van der Waals surface area contributed by atoms with Gasteiger partial charge in [0.1, 0.15) is 0 Å². The largest absolute Gasteiger partial charge is 0.313 e. The van der Waals surface area contributed by atoms with E-state index in [0.717, 1.165) is 24.5 Å². The molecule has 0 radical (unpaired) electrons. The van der Waals surface area contributed by atoms with Crippen molar-refractivity contribution in [1.29, 1.82) is 0 Å². The van der Waals surface area contributed by atoms with Gasteiger partial charge >= 0.3 is 0 Å². The van der Waals surface area contributed by atoms with Crippen LogP contribution in [0.2, 0.25) is 0 Å². The molecule has 0 spiro atoms. The first-order chi connectivity index (χ1) is 9.65. The summed E-state index contributed by atoms with van der Waals surface area (Å²) in [5.41, 5.74) is 0. The van der Waals surface area contributed by atoms with Gasteiger partial charge in [0, 0.05) is 24.7 Å². The zero-order valence-corrected chi connectivity index (χ0v) is 14.1. The molecule has 2 rings (SSSR count). The SMILES string of the molecule is CCNC1CCC(CC)CC1N(C)CC1CCCN1C. The molecule has 4 atom stereocenters. The van der Waals surface area contributed by atoms with Gasteiger partial charge in [0.05, 0.1) is 0 Å². The fourth-order valence-corrected chi connectivity index (χ4v) is 4.27. The third-order valence-corrected chi connectivity index (χ3v) is 5.71. The lowest BCUT2D eigenvalue weighted by atomic mass is 9.80. The van der Waals surface area contributed by atoms with Crippen molar-refractivity contribution >= 4 is 0 Å². The van der Waals surface area contributed by atoms with E-state index in [9.17, 15) is 0 Å². The molecule has 20 heavy (non-hydrogen) atoms. The molecular weight excluding hydrogens is 246 g/mol. The van der Waals surface area contributed by atoms with Crippen LogP contribution in [0.25, 0.3) is 0 Å². The highest BCUT2D eigenvalue weighted by molar-refractivity contribution is 4.91. The van der Waals surface area contributed by atoms with Crippen LogP contribution in [0.4, 0.5) is 0 Å². The van der Waals surface area contributed by atoms with Crippen molar-refractivity contribution in [3.8, 4) is 0 Å². The zero-order valence-electron chi connectivity index (χ0n) is 14.1. The lowest BCUT2D eigenvalue weighted by molar-refractivity contribution is 0.0970. The van der Waals surface area contributed by atoms with E-state index in [1.807, 2.05) is 0 Å². The maximum Gasteiger partial charge on any atom is 0.0249 e. The minimum absolute atomic E-state index is 0.708. The molecule has 2 fully saturated rings. The predicted octanol–water partition coefficient (Wildman–Crippen LogP) is 2.57. The molecule has 1 aliphatic heterocycles. The van der Waals surface area contributed by atoms with Crippen LogP contribution < -0.4 is 5.32 Å². The Bertz CT molecular complexity index is 281. The number of hydrogen-bond donors (Lipinski definition) is 1. The lowest BCUT2D eigenvalue weighted by Crippen LogP contribution is -2.54. The highest BCUT2D eigenvalue weighted by atomic mass is 15.2. The van der Waals surface area contributed by atoms with E-state index in [-0.39, 0.29) is 0 Å². The Morgan fingerprint density at radius 2 is 2.00 bits per heavy atom.